The van der Waals surface area contributed by atoms with Crippen LogP contribution in [0.25, 0.3) is 0 Å². The second-order valence-electron chi connectivity index (χ2n) is 7.80. The molecule has 1 saturated heterocycles. The first-order valence-corrected chi connectivity index (χ1v) is 10.5. The Kier molecular flexibility index (Phi) is 8.68. The van der Waals surface area contributed by atoms with Gasteiger partial charge in [-0.05, 0) is 42.9 Å². The van der Waals surface area contributed by atoms with Crippen LogP contribution in [0.5, 0.6) is 11.5 Å². The molecule has 0 radical (unpaired) electrons. The third kappa shape index (κ3) is 6.62. The number of ether oxygens (including phenoxy) is 3. The highest BCUT2D eigenvalue weighted by atomic mass is 127. The molecule has 0 aromatic heterocycles. The number of nitrogens with one attached hydrogen (secondary N) is 1. The van der Waals surface area contributed by atoms with E-state index in [1.54, 1.807) is 0 Å². The van der Waals surface area contributed by atoms with Gasteiger partial charge in [0.2, 0.25) is 6.79 Å². The summed E-state index contributed by atoms with van der Waals surface area (Å²) in [4.78, 5) is 9.29. The van der Waals surface area contributed by atoms with E-state index in [1.807, 2.05) is 13.1 Å². The van der Waals surface area contributed by atoms with E-state index in [0.717, 1.165) is 82.3 Å². The Labute approximate surface area is 190 Å². The van der Waals surface area contributed by atoms with Gasteiger partial charge in [-0.25, -0.2) is 0 Å². The quantitative estimate of drug-likeness (QED) is 0.248. The summed E-state index contributed by atoms with van der Waals surface area (Å²) in [7, 11) is 1.87. The standard InChI is InChI=1S/C21H32N4O3.HI/c1-22-21(23-7-2-12-26-15-17-3-4-17)25-10-8-24(9-11-25)14-18-5-6-19-20(13-18)28-16-27-19;/h5-6,13,17H,2-4,7-12,14-16H2,1H3,(H,22,23);1H. The van der Waals surface area contributed by atoms with Crippen LogP contribution >= 0.6 is 24.0 Å². The van der Waals surface area contributed by atoms with Gasteiger partial charge in [-0.3, -0.25) is 9.89 Å². The number of nitrogens with zero attached hydrogens (tertiary/aromatic N) is 3. The van der Waals surface area contributed by atoms with Crippen molar-refractivity contribution in [1.82, 2.24) is 15.1 Å². The van der Waals surface area contributed by atoms with E-state index in [4.69, 9.17) is 14.2 Å². The largest absolute Gasteiger partial charge is 0.454 e. The van der Waals surface area contributed by atoms with Gasteiger partial charge in [-0.1, -0.05) is 6.07 Å². The van der Waals surface area contributed by atoms with Crippen molar-refractivity contribution in [3.8, 4) is 11.5 Å². The fourth-order valence-corrected chi connectivity index (χ4v) is 3.66. The summed E-state index contributed by atoms with van der Waals surface area (Å²) in [5.41, 5.74) is 1.27. The highest BCUT2D eigenvalue weighted by Gasteiger charge is 2.22. The molecule has 2 aliphatic heterocycles. The molecule has 3 aliphatic rings. The molecule has 0 amide bonds. The van der Waals surface area contributed by atoms with Crippen LogP contribution in [0.15, 0.2) is 23.2 Å². The maximum atomic E-state index is 5.70. The number of fused-ring (bicyclic) bond motifs is 1. The van der Waals surface area contributed by atoms with Crippen LogP contribution in [0.4, 0.5) is 0 Å². The third-order valence-corrected chi connectivity index (χ3v) is 5.53. The number of aliphatic imine (C=N–C) groups is 1. The summed E-state index contributed by atoms with van der Waals surface area (Å²) in [6, 6.07) is 6.24. The lowest BCUT2D eigenvalue weighted by Crippen LogP contribution is -2.52. The minimum absolute atomic E-state index is 0. The Bertz CT molecular complexity index is 676. The monoisotopic (exact) mass is 516 g/mol. The number of guanidine groups is 1. The van der Waals surface area contributed by atoms with E-state index >= 15 is 0 Å². The molecule has 1 aliphatic carbocycles. The predicted molar refractivity (Wildman–Crippen MR) is 124 cm³/mol. The van der Waals surface area contributed by atoms with Crippen molar-refractivity contribution < 1.29 is 14.2 Å². The van der Waals surface area contributed by atoms with Crippen molar-refractivity contribution in [1.29, 1.82) is 0 Å². The Morgan fingerprint density at radius 2 is 1.97 bits per heavy atom. The van der Waals surface area contributed by atoms with E-state index in [2.05, 4.69) is 32.2 Å². The first-order chi connectivity index (χ1) is 13.8. The van der Waals surface area contributed by atoms with Crippen LogP contribution in [-0.2, 0) is 11.3 Å². The molecule has 1 aromatic rings. The van der Waals surface area contributed by atoms with E-state index in [0.29, 0.717) is 6.79 Å². The molecule has 0 spiro atoms. The predicted octanol–water partition coefficient (Wildman–Crippen LogP) is 2.54. The zero-order valence-electron chi connectivity index (χ0n) is 17.3. The van der Waals surface area contributed by atoms with Gasteiger partial charge in [0.25, 0.3) is 0 Å². The molecule has 29 heavy (non-hydrogen) atoms. The minimum Gasteiger partial charge on any atom is -0.454 e. The average molecular weight is 516 g/mol. The lowest BCUT2D eigenvalue weighted by molar-refractivity contribution is 0.122. The van der Waals surface area contributed by atoms with E-state index in [9.17, 15) is 0 Å². The van der Waals surface area contributed by atoms with Gasteiger partial charge in [0.05, 0.1) is 0 Å². The lowest BCUT2D eigenvalue weighted by Gasteiger charge is -2.36. The molecular weight excluding hydrogens is 483 g/mol. The topological polar surface area (TPSA) is 58.6 Å². The summed E-state index contributed by atoms with van der Waals surface area (Å²) in [6.45, 7) is 7.99. The van der Waals surface area contributed by atoms with Crippen LogP contribution < -0.4 is 14.8 Å². The number of hydrogen-bond donors (Lipinski definition) is 1. The van der Waals surface area contributed by atoms with E-state index < -0.39 is 0 Å². The maximum Gasteiger partial charge on any atom is 0.231 e. The van der Waals surface area contributed by atoms with E-state index in [-0.39, 0.29) is 24.0 Å². The molecular formula is C21H33IN4O3. The number of halogens is 1. The van der Waals surface area contributed by atoms with Crippen molar-refractivity contribution in [2.45, 2.75) is 25.8 Å². The van der Waals surface area contributed by atoms with Gasteiger partial charge in [0.1, 0.15) is 0 Å². The summed E-state index contributed by atoms with van der Waals surface area (Å²) < 4.78 is 16.6. The molecule has 4 rings (SSSR count). The molecule has 8 heteroatoms. The van der Waals surface area contributed by atoms with Gasteiger partial charge in [0, 0.05) is 59.5 Å². The second kappa shape index (κ2) is 11.2. The molecule has 2 fully saturated rings. The van der Waals surface area contributed by atoms with Crippen molar-refractivity contribution in [3.63, 3.8) is 0 Å². The Balaban J connectivity index is 0.00000240. The summed E-state index contributed by atoms with van der Waals surface area (Å²) >= 11 is 0. The van der Waals surface area contributed by atoms with Gasteiger partial charge in [-0.15, -0.1) is 24.0 Å². The van der Waals surface area contributed by atoms with Crippen molar-refractivity contribution in [2.24, 2.45) is 10.9 Å². The first-order valence-electron chi connectivity index (χ1n) is 10.5. The van der Waals surface area contributed by atoms with Crippen LogP contribution in [0.2, 0.25) is 0 Å². The zero-order valence-corrected chi connectivity index (χ0v) is 19.6. The lowest BCUT2D eigenvalue weighted by atomic mass is 10.1. The van der Waals surface area contributed by atoms with E-state index in [1.165, 1.54) is 18.4 Å². The highest BCUT2D eigenvalue weighted by molar-refractivity contribution is 14.0. The minimum atomic E-state index is 0. The molecule has 1 saturated carbocycles. The van der Waals surface area contributed by atoms with Crippen molar-refractivity contribution >= 4 is 29.9 Å². The molecule has 1 aromatic carbocycles. The molecule has 0 bridgehead atoms. The van der Waals surface area contributed by atoms with Crippen molar-refractivity contribution in [2.75, 3.05) is 59.8 Å². The Hall–Kier alpha value is -1.26. The smallest absolute Gasteiger partial charge is 0.231 e. The summed E-state index contributed by atoms with van der Waals surface area (Å²) in [5, 5.41) is 3.48. The van der Waals surface area contributed by atoms with Gasteiger partial charge in [0.15, 0.2) is 17.5 Å². The normalized spacial score (nSPS) is 19.2. The number of rotatable bonds is 8. The maximum absolute atomic E-state index is 5.70. The zero-order chi connectivity index (χ0) is 19.2. The molecule has 2 heterocycles. The third-order valence-electron chi connectivity index (χ3n) is 5.53. The van der Waals surface area contributed by atoms with Gasteiger partial charge in [-0.2, -0.15) is 0 Å². The summed E-state index contributed by atoms with van der Waals surface area (Å²) in [5.74, 6) is 3.56. The second-order valence-corrected chi connectivity index (χ2v) is 7.80. The molecule has 162 valence electrons. The number of hydrogen-bond acceptors (Lipinski definition) is 5. The molecule has 0 atom stereocenters. The fourth-order valence-electron chi connectivity index (χ4n) is 3.66. The Morgan fingerprint density at radius 1 is 1.17 bits per heavy atom. The molecule has 1 N–H and O–H groups in total. The van der Waals surface area contributed by atoms with Crippen molar-refractivity contribution in [3.05, 3.63) is 23.8 Å². The van der Waals surface area contributed by atoms with Gasteiger partial charge < -0.3 is 24.4 Å². The Morgan fingerprint density at radius 3 is 2.72 bits per heavy atom. The van der Waals surface area contributed by atoms with Crippen LogP contribution in [0, 0.1) is 5.92 Å². The first kappa shape index (κ1) is 22.4. The van der Waals surface area contributed by atoms with Crippen LogP contribution in [-0.4, -0.2) is 75.5 Å². The number of piperazine rings is 1. The fraction of sp³-hybridized carbons (Fsp3) is 0.667. The number of benzene rings is 1. The van der Waals surface area contributed by atoms with Gasteiger partial charge >= 0.3 is 0 Å². The van der Waals surface area contributed by atoms with Crippen LogP contribution in [0.1, 0.15) is 24.8 Å². The average Bonchev–Trinajstić information content (AvgIpc) is 3.43. The SMILES string of the molecule is CN=C(NCCCOCC1CC1)N1CCN(Cc2ccc3c(c2)OCO3)CC1.I. The molecule has 7 nitrogen and oxygen atoms in total. The summed E-state index contributed by atoms with van der Waals surface area (Å²) in [6.07, 6.45) is 3.73. The molecule has 0 unspecified atom stereocenters. The van der Waals surface area contributed by atoms with Crippen LogP contribution in [0.3, 0.4) is 0 Å². The highest BCUT2D eigenvalue weighted by Crippen LogP contribution is 2.32.